The minimum atomic E-state index is -0.325. The first kappa shape index (κ1) is 17.6. The predicted octanol–water partition coefficient (Wildman–Crippen LogP) is 5.12. The Labute approximate surface area is 153 Å². The fraction of sp³-hybridized carbons (Fsp3) is 0.238. The molecule has 0 spiro atoms. The monoisotopic (exact) mass is 356 g/mol. The van der Waals surface area contributed by atoms with Gasteiger partial charge < -0.3 is 10.2 Å². The second-order valence-corrected chi connectivity index (χ2v) is 6.83. The maximum Gasteiger partial charge on any atom is 0.125 e. The molecule has 1 aliphatic heterocycles. The van der Waals surface area contributed by atoms with E-state index in [0.717, 1.165) is 36.5 Å². The van der Waals surface area contributed by atoms with Gasteiger partial charge >= 0.3 is 0 Å². The van der Waals surface area contributed by atoms with Crippen LogP contribution in [-0.4, -0.2) is 11.4 Å². The molecule has 1 heterocycles. The quantitative estimate of drug-likeness (QED) is 0.773. The Balaban J connectivity index is 1.57. The molecule has 1 aliphatic rings. The van der Waals surface area contributed by atoms with Crippen LogP contribution in [0.25, 0.3) is 0 Å². The second-order valence-electron chi connectivity index (χ2n) is 6.40. The van der Waals surface area contributed by atoms with Crippen LogP contribution in [0.2, 0.25) is 5.02 Å². The number of rotatable bonds is 6. The number of likely N-dealkylation sites (tertiary alicyclic amines) is 1. The standard InChI is InChI=1S/C21H22ClFN2/c1-15(24-13-18-10-19(22)12-20(23)11-18)21-8-9-25(16(21)2)14-17-6-4-3-5-7-17/h3-7,10-12,21,24H,1-2,8-9,13-14H2. The molecule has 2 nitrogen and oxygen atoms in total. The number of hydrogen-bond donors (Lipinski definition) is 1. The highest BCUT2D eigenvalue weighted by Crippen LogP contribution is 2.32. The number of halogens is 2. The Bertz CT molecular complexity index is 752. The molecular formula is C21H22ClFN2. The van der Waals surface area contributed by atoms with Crippen LogP contribution in [0.4, 0.5) is 4.39 Å². The Morgan fingerprint density at radius 2 is 1.96 bits per heavy atom. The zero-order valence-corrected chi connectivity index (χ0v) is 14.9. The topological polar surface area (TPSA) is 15.3 Å². The fourth-order valence-corrected chi connectivity index (χ4v) is 3.47. The van der Waals surface area contributed by atoms with Crippen molar-refractivity contribution in [2.75, 3.05) is 6.54 Å². The predicted molar refractivity (Wildman–Crippen MR) is 101 cm³/mol. The molecule has 130 valence electrons. The van der Waals surface area contributed by atoms with Crippen LogP contribution in [0.1, 0.15) is 17.5 Å². The third kappa shape index (κ3) is 4.43. The zero-order chi connectivity index (χ0) is 17.8. The first-order valence-corrected chi connectivity index (χ1v) is 8.76. The number of benzene rings is 2. The van der Waals surface area contributed by atoms with E-state index in [1.54, 1.807) is 6.07 Å². The highest BCUT2D eigenvalue weighted by atomic mass is 35.5. The SMILES string of the molecule is C=C(NCc1cc(F)cc(Cl)c1)C1CCN(Cc2ccccc2)C1=C. The van der Waals surface area contributed by atoms with Gasteiger partial charge in [0.2, 0.25) is 0 Å². The minimum absolute atomic E-state index is 0.202. The van der Waals surface area contributed by atoms with E-state index in [0.29, 0.717) is 11.6 Å². The van der Waals surface area contributed by atoms with Gasteiger partial charge in [-0.3, -0.25) is 0 Å². The molecule has 25 heavy (non-hydrogen) atoms. The lowest BCUT2D eigenvalue weighted by atomic mass is 10.0. The highest BCUT2D eigenvalue weighted by Gasteiger charge is 2.28. The Morgan fingerprint density at radius 1 is 1.20 bits per heavy atom. The molecule has 0 aliphatic carbocycles. The van der Waals surface area contributed by atoms with E-state index < -0.39 is 0 Å². The van der Waals surface area contributed by atoms with Gasteiger partial charge in [-0.1, -0.05) is 55.1 Å². The van der Waals surface area contributed by atoms with Crippen LogP contribution in [-0.2, 0) is 13.1 Å². The van der Waals surface area contributed by atoms with Gasteiger partial charge in [-0.15, -0.1) is 0 Å². The Morgan fingerprint density at radius 3 is 2.68 bits per heavy atom. The molecule has 3 rings (SSSR count). The van der Waals surface area contributed by atoms with Crippen LogP contribution in [0.5, 0.6) is 0 Å². The van der Waals surface area contributed by atoms with Crippen molar-refractivity contribution >= 4 is 11.6 Å². The van der Waals surface area contributed by atoms with E-state index >= 15 is 0 Å². The van der Waals surface area contributed by atoms with Gasteiger partial charge in [-0.2, -0.15) is 0 Å². The summed E-state index contributed by atoms with van der Waals surface area (Å²) < 4.78 is 13.4. The molecule has 2 aromatic rings. The lowest BCUT2D eigenvalue weighted by molar-refractivity contribution is 0.384. The van der Waals surface area contributed by atoms with E-state index in [2.05, 4.69) is 47.6 Å². The van der Waals surface area contributed by atoms with Gasteiger partial charge in [0, 0.05) is 42.0 Å². The van der Waals surface area contributed by atoms with Crippen molar-refractivity contribution in [3.05, 3.63) is 95.0 Å². The summed E-state index contributed by atoms with van der Waals surface area (Å²) in [6, 6.07) is 14.9. The van der Waals surface area contributed by atoms with Crippen molar-refractivity contribution in [1.82, 2.24) is 10.2 Å². The molecule has 2 aromatic carbocycles. The molecule has 0 aromatic heterocycles. The lowest BCUT2D eigenvalue weighted by Gasteiger charge is -2.23. The molecular weight excluding hydrogens is 335 g/mol. The largest absolute Gasteiger partial charge is 0.384 e. The maximum absolute atomic E-state index is 13.4. The third-order valence-electron chi connectivity index (χ3n) is 4.57. The first-order valence-electron chi connectivity index (χ1n) is 8.38. The molecule has 0 saturated carbocycles. The summed E-state index contributed by atoms with van der Waals surface area (Å²) in [7, 11) is 0. The van der Waals surface area contributed by atoms with Gasteiger partial charge in [0.25, 0.3) is 0 Å². The van der Waals surface area contributed by atoms with Crippen LogP contribution in [0, 0.1) is 11.7 Å². The number of nitrogens with zero attached hydrogens (tertiary/aromatic N) is 1. The number of hydrogen-bond acceptors (Lipinski definition) is 2. The smallest absolute Gasteiger partial charge is 0.125 e. The molecule has 4 heteroatoms. The summed E-state index contributed by atoms with van der Waals surface area (Å²) in [5, 5.41) is 3.71. The van der Waals surface area contributed by atoms with Crippen LogP contribution >= 0.6 is 11.6 Å². The summed E-state index contributed by atoms with van der Waals surface area (Å²) in [5.41, 5.74) is 4.08. The highest BCUT2D eigenvalue weighted by molar-refractivity contribution is 6.30. The van der Waals surface area contributed by atoms with Crippen LogP contribution < -0.4 is 5.32 Å². The van der Waals surface area contributed by atoms with Gasteiger partial charge in [0.15, 0.2) is 0 Å². The summed E-state index contributed by atoms with van der Waals surface area (Å²) in [6.07, 6.45) is 0.988. The van der Waals surface area contributed by atoms with Crippen LogP contribution in [0.3, 0.4) is 0 Å². The van der Waals surface area contributed by atoms with E-state index in [9.17, 15) is 4.39 Å². The van der Waals surface area contributed by atoms with Crippen molar-refractivity contribution in [1.29, 1.82) is 0 Å². The summed E-state index contributed by atoms with van der Waals surface area (Å²) in [5.74, 6) is -0.123. The average Bonchev–Trinajstić information content (AvgIpc) is 2.94. The first-order chi connectivity index (χ1) is 12.0. The summed E-state index contributed by atoms with van der Waals surface area (Å²) in [6.45, 7) is 10.8. The lowest BCUT2D eigenvalue weighted by Crippen LogP contribution is -2.22. The third-order valence-corrected chi connectivity index (χ3v) is 4.79. The molecule has 0 bridgehead atoms. The molecule has 0 amide bonds. The normalized spacial score (nSPS) is 17.0. The average molecular weight is 357 g/mol. The van der Waals surface area contributed by atoms with Gasteiger partial charge in [-0.25, -0.2) is 4.39 Å². The fourth-order valence-electron chi connectivity index (χ4n) is 3.23. The van der Waals surface area contributed by atoms with Crippen molar-refractivity contribution in [2.45, 2.75) is 19.5 Å². The summed E-state index contributed by atoms with van der Waals surface area (Å²) in [4.78, 5) is 2.30. The van der Waals surface area contributed by atoms with E-state index in [-0.39, 0.29) is 11.7 Å². The Hall–Kier alpha value is -2.26. The van der Waals surface area contributed by atoms with Crippen LogP contribution in [0.15, 0.2) is 73.1 Å². The molecule has 1 saturated heterocycles. The minimum Gasteiger partial charge on any atom is -0.384 e. The van der Waals surface area contributed by atoms with E-state index in [4.69, 9.17) is 11.6 Å². The van der Waals surface area contributed by atoms with Crippen molar-refractivity contribution in [3.8, 4) is 0 Å². The molecule has 1 atom stereocenters. The Kier molecular flexibility index (Phi) is 5.44. The molecule has 1 N–H and O–H groups in total. The molecule has 1 unspecified atom stereocenters. The maximum atomic E-state index is 13.4. The molecule has 0 radical (unpaired) electrons. The van der Waals surface area contributed by atoms with Crippen molar-refractivity contribution in [3.63, 3.8) is 0 Å². The van der Waals surface area contributed by atoms with E-state index in [1.165, 1.54) is 17.7 Å². The van der Waals surface area contributed by atoms with Gasteiger partial charge in [-0.05, 0) is 35.7 Å². The number of nitrogens with one attached hydrogen (secondary N) is 1. The van der Waals surface area contributed by atoms with Crippen molar-refractivity contribution in [2.24, 2.45) is 5.92 Å². The summed E-state index contributed by atoms with van der Waals surface area (Å²) >= 11 is 5.90. The van der Waals surface area contributed by atoms with Gasteiger partial charge in [0.1, 0.15) is 5.82 Å². The van der Waals surface area contributed by atoms with E-state index in [1.807, 2.05) is 6.07 Å². The zero-order valence-electron chi connectivity index (χ0n) is 14.1. The van der Waals surface area contributed by atoms with Crippen molar-refractivity contribution < 1.29 is 4.39 Å². The van der Waals surface area contributed by atoms with Gasteiger partial charge in [0.05, 0.1) is 0 Å². The molecule has 1 fully saturated rings. The second kappa shape index (κ2) is 7.75.